The number of aryl methyl sites for hydroxylation is 1. The van der Waals surface area contributed by atoms with Crippen LogP contribution in [-0.2, 0) is 6.42 Å². The van der Waals surface area contributed by atoms with Crippen LogP contribution in [0.15, 0.2) is 24.3 Å². The zero-order chi connectivity index (χ0) is 10.6. The SMILES string of the molecule is Cc1ccccc1CCN(C)C(=O)Cl. The van der Waals surface area contributed by atoms with Crippen LogP contribution >= 0.6 is 11.6 Å². The summed E-state index contributed by atoms with van der Waals surface area (Å²) in [7, 11) is 1.70. The van der Waals surface area contributed by atoms with Crippen LogP contribution in [0.3, 0.4) is 0 Å². The Morgan fingerprint density at radius 3 is 2.64 bits per heavy atom. The van der Waals surface area contributed by atoms with E-state index < -0.39 is 5.37 Å². The maximum Gasteiger partial charge on any atom is 0.316 e. The van der Waals surface area contributed by atoms with Gasteiger partial charge in [-0.3, -0.25) is 4.79 Å². The molecule has 0 saturated carbocycles. The molecule has 0 radical (unpaired) electrons. The minimum absolute atomic E-state index is 0.404. The molecule has 0 unspecified atom stereocenters. The first-order chi connectivity index (χ1) is 6.61. The van der Waals surface area contributed by atoms with Crippen molar-refractivity contribution in [1.82, 2.24) is 4.90 Å². The van der Waals surface area contributed by atoms with Gasteiger partial charge in [-0.1, -0.05) is 24.3 Å². The van der Waals surface area contributed by atoms with Crippen LogP contribution in [0, 0.1) is 6.92 Å². The third-order valence-electron chi connectivity index (χ3n) is 2.28. The average Bonchev–Trinajstić information content (AvgIpc) is 2.16. The molecule has 0 atom stereocenters. The van der Waals surface area contributed by atoms with Crippen molar-refractivity contribution < 1.29 is 4.79 Å². The Labute approximate surface area is 89.5 Å². The van der Waals surface area contributed by atoms with E-state index in [1.165, 1.54) is 16.0 Å². The molecular weight excluding hydrogens is 198 g/mol. The molecule has 0 saturated heterocycles. The van der Waals surface area contributed by atoms with Crippen molar-refractivity contribution in [2.45, 2.75) is 13.3 Å². The molecule has 76 valence electrons. The lowest BCUT2D eigenvalue weighted by atomic mass is 10.1. The average molecular weight is 212 g/mol. The summed E-state index contributed by atoms with van der Waals surface area (Å²) < 4.78 is 0. The second kappa shape index (κ2) is 5.01. The van der Waals surface area contributed by atoms with Gasteiger partial charge in [-0.15, -0.1) is 0 Å². The van der Waals surface area contributed by atoms with Gasteiger partial charge in [0.1, 0.15) is 0 Å². The smallest absolute Gasteiger partial charge is 0.316 e. The highest BCUT2D eigenvalue weighted by molar-refractivity contribution is 6.62. The van der Waals surface area contributed by atoms with Gasteiger partial charge >= 0.3 is 5.37 Å². The monoisotopic (exact) mass is 211 g/mol. The number of amides is 1. The summed E-state index contributed by atoms with van der Waals surface area (Å²) in [6, 6.07) is 8.15. The Morgan fingerprint density at radius 1 is 1.43 bits per heavy atom. The standard InChI is InChI=1S/C11H14ClNO/c1-9-5-3-4-6-10(9)7-8-13(2)11(12)14/h3-6H,7-8H2,1-2H3. The van der Waals surface area contributed by atoms with Crippen LogP contribution in [0.2, 0.25) is 0 Å². The quantitative estimate of drug-likeness (QED) is 0.556. The van der Waals surface area contributed by atoms with Gasteiger partial charge in [0, 0.05) is 13.6 Å². The Bertz CT molecular complexity index is 325. The fraction of sp³-hybridized carbons (Fsp3) is 0.364. The first-order valence-corrected chi connectivity index (χ1v) is 4.94. The molecule has 0 N–H and O–H groups in total. The third-order valence-corrected chi connectivity index (χ3v) is 2.57. The van der Waals surface area contributed by atoms with E-state index in [1.807, 2.05) is 12.1 Å². The molecule has 0 aromatic heterocycles. The largest absolute Gasteiger partial charge is 0.332 e. The number of hydrogen-bond donors (Lipinski definition) is 0. The van der Waals surface area contributed by atoms with E-state index in [9.17, 15) is 4.79 Å². The maximum atomic E-state index is 10.7. The van der Waals surface area contributed by atoms with Crippen molar-refractivity contribution in [2.24, 2.45) is 0 Å². The van der Waals surface area contributed by atoms with Gasteiger partial charge in [-0.2, -0.15) is 0 Å². The Hall–Kier alpha value is -1.02. The van der Waals surface area contributed by atoms with Crippen LogP contribution in [0.4, 0.5) is 4.79 Å². The number of benzene rings is 1. The number of likely N-dealkylation sites (N-methyl/N-ethyl adjacent to an activating group) is 1. The number of carbonyl (C=O) groups is 1. The zero-order valence-electron chi connectivity index (χ0n) is 8.46. The van der Waals surface area contributed by atoms with Gasteiger partial charge in [0.2, 0.25) is 0 Å². The summed E-state index contributed by atoms with van der Waals surface area (Å²) in [5, 5.41) is -0.404. The fourth-order valence-electron chi connectivity index (χ4n) is 1.27. The summed E-state index contributed by atoms with van der Waals surface area (Å²) in [4.78, 5) is 12.2. The Morgan fingerprint density at radius 2 is 2.07 bits per heavy atom. The summed E-state index contributed by atoms with van der Waals surface area (Å²) in [5.41, 5.74) is 2.51. The molecule has 1 rings (SSSR count). The number of rotatable bonds is 3. The predicted octanol–water partition coefficient (Wildman–Crippen LogP) is 2.83. The lowest BCUT2D eigenvalue weighted by Crippen LogP contribution is -2.23. The maximum absolute atomic E-state index is 10.7. The topological polar surface area (TPSA) is 20.3 Å². The second-order valence-electron chi connectivity index (χ2n) is 3.35. The minimum Gasteiger partial charge on any atom is -0.332 e. The number of hydrogen-bond acceptors (Lipinski definition) is 1. The predicted molar refractivity (Wildman–Crippen MR) is 58.8 cm³/mol. The highest BCUT2D eigenvalue weighted by Crippen LogP contribution is 2.08. The van der Waals surface area contributed by atoms with E-state index in [-0.39, 0.29) is 0 Å². The van der Waals surface area contributed by atoms with Crippen molar-refractivity contribution in [3.8, 4) is 0 Å². The van der Waals surface area contributed by atoms with Gasteiger partial charge in [0.05, 0.1) is 0 Å². The number of halogens is 1. The third kappa shape index (κ3) is 3.04. The van der Waals surface area contributed by atoms with Crippen LogP contribution in [0.25, 0.3) is 0 Å². The van der Waals surface area contributed by atoms with Crippen molar-refractivity contribution >= 4 is 17.0 Å². The molecule has 0 aliphatic heterocycles. The van der Waals surface area contributed by atoms with E-state index in [0.29, 0.717) is 6.54 Å². The highest BCUT2D eigenvalue weighted by atomic mass is 35.5. The molecule has 1 amide bonds. The van der Waals surface area contributed by atoms with Crippen LogP contribution < -0.4 is 0 Å². The molecule has 0 aliphatic carbocycles. The molecule has 2 nitrogen and oxygen atoms in total. The lowest BCUT2D eigenvalue weighted by Gasteiger charge is -2.13. The molecule has 1 aromatic rings. The normalized spacial score (nSPS) is 9.93. The zero-order valence-corrected chi connectivity index (χ0v) is 9.21. The van der Waals surface area contributed by atoms with Crippen molar-refractivity contribution in [3.63, 3.8) is 0 Å². The summed E-state index contributed by atoms with van der Waals surface area (Å²) in [5.74, 6) is 0. The first kappa shape index (κ1) is 11.1. The highest BCUT2D eigenvalue weighted by Gasteiger charge is 2.04. The molecular formula is C11H14ClNO. The van der Waals surface area contributed by atoms with Crippen molar-refractivity contribution in [3.05, 3.63) is 35.4 Å². The van der Waals surface area contributed by atoms with Gasteiger partial charge in [-0.25, -0.2) is 0 Å². The minimum atomic E-state index is -0.404. The summed E-state index contributed by atoms with van der Waals surface area (Å²) in [6.07, 6.45) is 0.849. The second-order valence-corrected chi connectivity index (χ2v) is 3.67. The molecule has 0 bridgehead atoms. The number of carbonyl (C=O) groups excluding carboxylic acids is 1. The van der Waals surface area contributed by atoms with E-state index in [4.69, 9.17) is 11.6 Å². The van der Waals surface area contributed by atoms with E-state index in [0.717, 1.165) is 6.42 Å². The lowest BCUT2D eigenvalue weighted by molar-refractivity contribution is 0.232. The molecule has 0 aliphatic rings. The molecule has 0 spiro atoms. The van der Waals surface area contributed by atoms with E-state index in [2.05, 4.69) is 19.1 Å². The molecule has 0 heterocycles. The van der Waals surface area contributed by atoms with Gasteiger partial charge < -0.3 is 4.90 Å². The number of nitrogens with zero attached hydrogens (tertiary/aromatic N) is 1. The molecule has 1 aromatic carbocycles. The first-order valence-electron chi connectivity index (χ1n) is 4.56. The molecule has 14 heavy (non-hydrogen) atoms. The molecule has 0 fully saturated rings. The summed E-state index contributed by atoms with van der Waals surface area (Å²) >= 11 is 5.32. The Kier molecular flexibility index (Phi) is 3.96. The fourth-order valence-corrected chi connectivity index (χ4v) is 1.35. The van der Waals surface area contributed by atoms with Gasteiger partial charge in [-0.05, 0) is 36.1 Å². The van der Waals surface area contributed by atoms with Crippen molar-refractivity contribution in [2.75, 3.05) is 13.6 Å². The van der Waals surface area contributed by atoms with Crippen molar-refractivity contribution in [1.29, 1.82) is 0 Å². The molecule has 3 heteroatoms. The van der Waals surface area contributed by atoms with Crippen LogP contribution in [-0.4, -0.2) is 23.9 Å². The van der Waals surface area contributed by atoms with Gasteiger partial charge in [0.15, 0.2) is 0 Å². The van der Waals surface area contributed by atoms with Crippen LogP contribution in [0.5, 0.6) is 0 Å². The van der Waals surface area contributed by atoms with Gasteiger partial charge in [0.25, 0.3) is 0 Å². The Balaban J connectivity index is 2.54. The van der Waals surface area contributed by atoms with E-state index in [1.54, 1.807) is 7.05 Å². The summed E-state index contributed by atoms with van der Waals surface area (Å²) in [6.45, 7) is 2.73. The van der Waals surface area contributed by atoms with Crippen LogP contribution in [0.1, 0.15) is 11.1 Å². The van der Waals surface area contributed by atoms with E-state index >= 15 is 0 Å².